The van der Waals surface area contributed by atoms with Gasteiger partial charge in [-0.3, -0.25) is 14.6 Å². The van der Waals surface area contributed by atoms with Crippen molar-refractivity contribution in [3.05, 3.63) is 78.1 Å². The summed E-state index contributed by atoms with van der Waals surface area (Å²) in [5.74, 6) is 5.77. The van der Waals surface area contributed by atoms with Gasteiger partial charge in [0.15, 0.2) is 0 Å². The predicted octanol–water partition coefficient (Wildman–Crippen LogP) is 7.94. The van der Waals surface area contributed by atoms with E-state index in [2.05, 4.69) is 36.9 Å². The summed E-state index contributed by atoms with van der Waals surface area (Å²) in [7, 11) is 1.55. The van der Waals surface area contributed by atoms with E-state index >= 15 is 0 Å². The summed E-state index contributed by atoms with van der Waals surface area (Å²) in [6, 6.07) is 17.9. The van der Waals surface area contributed by atoms with Gasteiger partial charge in [0, 0.05) is 54.2 Å². The van der Waals surface area contributed by atoms with E-state index in [-0.39, 0.29) is 52.8 Å². The molecule has 2 atom stereocenters. The molecule has 13 nitrogen and oxygen atoms in total. The number of carbonyl (C=O) groups excluding carboxylic acids is 4. The van der Waals surface area contributed by atoms with Crippen LogP contribution in [-0.2, 0) is 0 Å². The standard InChI is InChI=1S/C49H61N7O6/c1-50-45(58)43-21-41(14-15-51-43)62-40-12-6-37(7-13-40)54-47(60)56-49-25-32-19-34(26-49)42(35(20-32)27-49)28-52-44(57)33-2-8-38(9-3-33)61-39-10-4-36(5-11-39)53-46(59)55-48-22-29-16-30(23-48)18-31(17-29)24-48/h2-3,6-9,12-15,21,29-32,34-36,39,42H,4-5,10-11,16-20,22-28H2,1H3,(H,50,58)(H,52,57)(H2,53,55,59)(H2,54,56,60). The van der Waals surface area contributed by atoms with Crippen molar-refractivity contribution in [2.24, 2.45) is 41.4 Å². The van der Waals surface area contributed by atoms with Gasteiger partial charge in [-0.25, -0.2) is 9.59 Å². The number of nitrogens with one attached hydrogen (secondary N) is 6. The van der Waals surface area contributed by atoms with Gasteiger partial charge in [0.1, 0.15) is 22.9 Å². The molecule has 9 aliphatic rings. The molecule has 328 valence electrons. The normalized spacial score (nSPS) is 33.5. The Hall–Kier alpha value is -5.33. The first kappa shape index (κ1) is 40.7. The van der Waals surface area contributed by atoms with Crippen LogP contribution < -0.4 is 41.4 Å². The number of carbonyl (C=O) groups is 4. The van der Waals surface area contributed by atoms with Gasteiger partial charge in [0.2, 0.25) is 0 Å². The summed E-state index contributed by atoms with van der Waals surface area (Å²) in [5, 5.41) is 19.0. The maximum Gasteiger partial charge on any atom is 0.319 e. The maximum absolute atomic E-state index is 13.4. The summed E-state index contributed by atoms with van der Waals surface area (Å²) in [6.45, 7) is 0.639. The Bertz CT molecular complexity index is 2100. The van der Waals surface area contributed by atoms with Crippen LogP contribution in [-0.4, -0.2) is 65.7 Å². The van der Waals surface area contributed by atoms with Gasteiger partial charge in [-0.05, 0) is 192 Å². The minimum absolute atomic E-state index is 0.0189. The molecular weight excluding hydrogens is 783 g/mol. The molecule has 12 rings (SSSR count). The minimum Gasteiger partial charge on any atom is -0.490 e. The fraction of sp³-hybridized carbons (Fsp3) is 0.571. The Balaban J connectivity index is 0.650. The smallest absolute Gasteiger partial charge is 0.319 e. The third-order valence-electron chi connectivity index (χ3n) is 15.7. The van der Waals surface area contributed by atoms with Gasteiger partial charge in [0.05, 0.1) is 6.10 Å². The zero-order valence-corrected chi connectivity index (χ0v) is 35.8. The lowest BCUT2D eigenvalue weighted by Crippen LogP contribution is -2.64. The second-order valence-electron chi connectivity index (χ2n) is 20.2. The predicted molar refractivity (Wildman–Crippen MR) is 234 cm³/mol. The van der Waals surface area contributed by atoms with E-state index in [0.717, 1.165) is 101 Å². The molecule has 13 heteroatoms. The lowest BCUT2D eigenvalue weighted by molar-refractivity contribution is -0.0593. The van der Waals surface area contributed by atoms with Crippen LogP contribution in [0.1, 0.15) is 117 Å². The summed E-state index contributed by atoms with van der Waals surface area (Å²) >= 11 is 0. The monoisotopic (exact) mass is 843 g/mol. The summed E-state index contributed by atoms with van der Waals surface area (Å²) in [5.41, 5.74) is 1.34. The van der Waals surface area contributed by atoms with Gasteiger partial charge in [-0.1, -0.05) is 0 Å². The average Bonchev–Trinajstić information content (AvgIpc) is 3.23. The van der Waals surface area contributed by atoms with Gasteiger partial charge in [-0.2, -0.15) is 0 Å². The highest BCUT2D eigenvalue weighted by molar-refractivity contribution is 5.94. The number of amides is 6. The zero-order valence-electron chi connectivity index (χ0n) is 35.8. The molecule has 0 radical (unpaired) electrons. The number of aromatic nitrogens is 1. The summed E-state index contributed by atoms with van der Waals surface area (Å²) in [6.07, 6.45) is 17.9. The molecule has 6 amide bonds. The molecule has 62 heavy (non-hydrogen) atoms. The Labute approximate surface area is 364 Å². The number of ether oxygens (including phenoxy) is 2. The molecule has 2 unspecified atom stereocenters. The molecule has 0 spiro atoms. The number of rotatable bonds is 12. The highest BCUT2D eigenvalue weighted by Crippen LogP contribution is 2.58. The molecule has 1 heterocycles. The van der Waals surface area contributed by atoms with Crippen LogP contribution in [0.3, 0.4) is 0 Å². The Morgan fingerprint density at radius 1 is 0.661 bits per heavy atom. The first-order valence-corrected chi connectivity index (χ1v) is 23.2. The van der Waals surface area contributed by atoms with E-state index in [0.29, 0.717) is 53.0 Å². The van der Waals surface area contributed by atoms with Crippen LogP contribution in [0.2, 0.25) is 0 Å². The van der Waals surface area contributed by atoms with Crippen LogP contribution in [0.5, 0.6) is 17.2 Å². The van der Waals surface area contributed by atoms with Crippen LogP contribution in [0.25, 0.3) is 0 Å². The molecule has 1 aromatic heterocycles. The number of nitrogens with zero attached hydrogens (tertiary/aromatic N) is 1. The minimum atomic E-state index is -0.293. The largest absolute Gasteiger partial charge is 0.490 e. The Morgan fingerprint density at radius 3 is 1.90 bits per heavy atom. The van der Waals surface area contributed by atoms with E-state index in [1.54, 1.807) is 43.4 Å². The van der Waals surface area contributed by atoms with Crippen LogP contribution in [0.4, 0.5) is 15.3 Å². The highest BCUT2D eigenvalue weighted by Gasteiger charge is 2.56. The van der Waals surface area contributed by atoms with E-state index in [4.69, 9.17) is 9.47 Å². The number of urea groups is 2. The fourth-order valence-corrected chi connectivity index (χ4v) is 13.7. The average molecular weight is 844 g/mol. The van der Waals surface area contributed by atoms with Gasteiger partial charge in [-0.15, -0.1) is 0 Å². The quantitative estimate of drug-likeness (QED) is 0.107. The molecule has 9 aliphatic carbocycles. The number of hydrogen-bond donors (Lipinski definition) is 6. The molecule has 9 fully saturated rings. The van der Waals surface area contributed by atoms with Crippen molar-refractivity contribution in [3.63, 3.8) is 0 Å². The molecule has 3 aromatic rings. The van der Waals surface area contributed by atoms with Gasteiger partial charge < -0.3 is 41.4 Å². The number of hydrogen-bond acceptors (Lipinski definition) is 7. The van der Waals surface area contributed by atoms with Crippen molar-refractivity contribution in [1.82, 2.24) is 31.6 Å². The first-order chi connectivity index (χ1) is 30.0. The third-order valence-corrected chi connectivity index (χ3v) is 15.7. The number of pyridine rings is 1. The molecule has 8 bridgehead atoms. The molecule has 2 aromatic carbocycles. The Morgan fingerprint density at radius 2 is 1.26 bits per heavy atom. The summed E-state index contributed by atoms with van der Waals surface area (Å²) < 4.78 is 12.3. The SMILES string of the molecule is CNC(=O)c1cc(Oc2ccc(NC(=O)NC34CC5CC(C3)C(CNC(=O)c3ccc(OC6CCC(NC(=O)NC78CC9CC(CC(C9)C7)C8)CC6)cc3)C(C5)C4)cc2)ccn1. The second kappa shape index (κ2) is 16.7. The molecular formula is C49H61N7O6. The molecule has 6 N–H and O–H groups in total. The van der Waals surface area contributed by atoms with Crippen molar-refractivity contribution in [1.29, 1.82) is 0 Å². The van der Waals surface area contributed by atoms with Crippen molar-refractivity contribution in [3.8, 4) is 17.2 Å². The number of benzene rings is 2. The maximum atomic E-state index is 13.4. The lowest BCUT2D eigenvalue weighted by Gasteiger charge is -2.60. The van der Waals surface area contributed by atoms with Crippen molar-refractivity contribution >= 4 is 29.6 Å². The molecule has 0 aliphatic heterocycles. The van der Waals surface area contributed by atoms with Crippen LogP contribution >= 0.6 is 0 Å². The first-order valence-electron chi connectivity index (χ1n) is 23.2. The van der Waals surface area contributed by atoms with Crippen molar-refractivity contribution in [2.75, 3.05) is 18.9 Å². The second-order valence-corrected chi connectivity index (χ2v) is 20.2. The van der Waals surface area contributed by atoms with E-state index in [9.17, 15) is 19.2 Å². The van der Waals surface area contributed by atoms with Crippen molar-refractivity contribution in [2.45, 2.75) is 120 Å². The van der Waals surface area contributed by atoms with Crippen LogP contribution in [0, 0.1) is 41.4 Å². The molecule has 0 saturated heterocycles. The molecule has 9 saturated carbocycles. The van der Waals surface area contributed by atoms with E-state index in [1.165, 1.54) is 25.5 Å². The summed E-state index contributed by atoms with van der Waals surface area (Å²) in [4.78, 5) is 55.8. The fourth-order valence-electron chi connectivity index (χ4n) is 13.7. The van der Waals surface area contributed by atoms with Crippen molar-refractivity contribution < 1.29 is 28.7 Å². The van der Waals surface area contributed by atoms with E-state index in [1.807, 2.05) is 24.3 Å². The van der Waals surface area contributed by atoms with Crippen LogP contribution in [0.15, 0.2) is 66.9 Å². The van der Waals surface area contributed by atoms with Gasteiger partial charge in [0.25, 0.3) is 11.8 Å². The van der Waals surface area contributed by atoms with E-state index < -0.39 is 0 Å². The lowest BCUT2D eigenvalue weighted by atomic mass is 9.49. The topological polar surface area (TPSA) is 172 Å². The highest BCUT2D eigenvalue weighted by atomic mass is 16.5. The van der Waals surface area contributed by atoms with Gasteiger partial charge >= 0.3 is 12.1 Å². The zero-order chi connectivity index (χ0) is 42.4. The number of anilines is 1. The Kier molecular flexibility index (Phi) is 11.0. The third kappa shape index (κ3) is 8.81.